The molecule has 0 aliphatic heterocycles. The van der Waals surface area contributed by atoms with Crippen molar-refractivity contribution in [2.24, 2.45) is 0 Å². The number of amides is 1. The fourth-order valence-corrected chi connectivity index (χ4v) is 3.15. The van der Waals surface area contributed by atoms with E-state index in [4.69, 9.17) is 18.6 Å². The molecule has 8 nitrogen and oxygen atoms in total. The molecule has 1 heterocycles. The summed E-state index contributed by atoms with van der Waals surface area (Å²) in [5.74, 6) is 0.301. The molecule has 0 spiro atoms. The third-order valence-corrected chi connectivity index (χ3v) is 5.22. The van der Waals surface area contributed by atoms with E-state index in [-0.39, 0.29) is 22.9 Å². The number of benzene rings is 2. The largest absolute Gasteiger partial charge is 0.493 e. The highest BCUT2D eigenvalue weighted by atomic mass is 16.5. The molecule has 1 aromatic heterocycles. The van der Waals surface area contributed by atoms with Crippen LogP contribution in [-0.2, 0) is 4.79 Å². The molecule has 1 unspecified atom stereocenters. The van der Waals surface area contributed by atoms with Gasteiger partial charge in [0.05, 0.1) is 13.7 Å². The second-order valence-electron chi connectivity index (χ2n) is 7.94. The number of fused-ring (bicyclic) bond motifs is 1. The molecule has 8 heteroatoms. The summed E-state index contributed by atoms with van der Waals surface area (Å²) in [4.78, 5) is 36.9. The van der Waals surface area contributed by atoms with Gasteiger partial charge in [-0.3, -0.25) is 4.79 Å². The van der Waals surface area contributed by atoms with Crippen LogP contribution in [0, 0.1) is 0 Å². The van der Waals surface area contributed by atoms with Gasteiger partial charge in [0.2, 0.25) is 0 Å². The molecular formula is C27H29NO7. The molecule has 3 rings (SSSR count). The van der Waals surface area contributed by atoms with Crippen LogP contribution < -0.4 is 25.2 Å². The Hall–Kier alpha value is -4.07. The minimum absolute atomic E-state index is 0.0687. The molecule has 1 atom stereocenters. The van der Waals surface area contributed by atoms with E-state index in [1.54, 1.807) is 43.5 Å². The van der Waals surface area contributed by atoms with Crippen molar-refractivity contribution in [1.29, 1.82) is 0 Å². The Morgan fingerprint density at radius 1 is 1.09 bits per heavy atom. The van der Waals surface area contributed by atoms with Gasteiger partial charge in [-0.25, -0.2) is 9.59 Å². The van der Waals surface area contributed by atoms with Gasteiger partial charge in [-0.2, -0.15) is 0 Å². The second-order valence-corrected chi connectivity index (χ2v) is 7.94. The van der Waals surface area contributed by atoms with Crippen molar-refractivity contribution in [3.05, 3.63) is 70.1 Å². The number of hydrogen-bond acceptors (Lipinski definition) is 7. The van der Waals surface area contributed by atoms with Gasteiger partial charge in [0.25, 0.3) is 5.91 Å². The average molecular weight is 480 g/mol. The molecule has 1 N–H and O–H groups in total. The highest BCUT2D eigenvalue weighted by Gasteiger charge is 2.16. The molecular weight excluding hydrogens is 450 g/mol. The predicted octanol–water partition coefficient (Wildman–Crippen LogP) is 4.74. The first kappa shape index (κ1) is 25.6. The van der Waals surface area contributed by atoms with Gasteiger partial charge in [-0.15, -0.1) is 0 Å². The van der Waals surface area contributed by atoms with Crippen molar-refractivity contribution >= 4 is 28.9 Å². The quantitative estimate of drug-likeness (QED) is 0.194. The summed E-state index contributed by atoms with van der Waals surface area (Å²) in [6.45, 7) is 6.38. The number of rotatable bonds is 10. The van der Waals surface area contributed by atoms with Crippen LogP contribution >= 0.6 is 0 Å². The van der Waals surface area contributed by atoms with E-state index in [2.05, 4.69) is 5.32 Å². The second kappa shape index (κ2) is 11.9. The lowest BCUT2D eigenvalue weighted by Crippen LogP contribution is -2.34. The normalized spacial score (nSPS) is 11.9. The highest BCUT2D eigenvalue weighted by molar-refractivity contribution is 5.97. The number of carbonyl (C=O) groups is 2. The number of nitrogens with one attached hydrogen (secondary N) is 1. The minimum atomic E-state index is -0.762. The maximum absolute atomic E-state index is 12.3. The summed E-state index contributed by atoms with van der Waals surface area (Å²) < 4.78 is 21.6. The summed E-state index contributed by atoms with van der Waals surface area (Å²) in [6, 6.07) is 11.3. The van der Waals surface area contributed by atoms with E-state index in [0.717, 1.165) is 18.4 Å². The van der Waals surface area contributed by atoms with Crippen molar-refractivity contribution in [2.45, 2.75) is 39.7 Å². The van der Waals surface area contributed by atoms with E-state index < -0.39 is 17.5 Å². The van der Waals surface area contributed by atoms with E-state index in [1.807, 2.05) is 20.8 Å². The third-order valence-electron chi connectivity index (χ3n) is 5.22. The first-order chi connectivity index (χ1) is 16.8. The van der Waals surface area contributed by atoms with Crippen LogP contribution in [0.2, 0.25) is 0 Å². The molecule has 0 fully saturated rings. The lowest BCUT2D eigenvalue weighted by atomic mass is 10.1. The van der Waals surface area contributed by atoms with Crippen LogP contribution in [0.15, 0.2) is 57.8 Å². The molecule has 184 valence electrons. The Morgan fingerprint density at radius 2 is 1.89 bits per heavy atom. The lowest BCUT2D eigenvalue weighted by molar-refractivity contribution is -0.128. The number of methoxy groups -OCH3 is 1. The summed E-state index contributed by atoms with van der Waals surface area (Å²) in [5, 5.41) is 3.28. The van der Waals surface area contributed by atoms with Crippen molar-refractivity contribution in [2.75, 3.05) is 13.7 Å². The topological polar surface area (TPSA) is 104 Å². The average Bonchev–Trinajstić information content (AvgIpc) is 2.85. The smallest absolute Gasteiger partial charge is 0.349 e. The standard InChI is InChI=1S/C27H29NO7/c1-5-13-33-22-11-7-18(14-24(22)32-4)8-12-25(29)34-20-10-9-19-15-21(26(30)28-17(3)6-2)27(31)35-23(19)16-20/h7-12,14-17H,5-6,13H2,1-4H3,(H,28,30)/b12-8+. The maximum Gasteiger partial charge on any atom is 0.349 e. The van der Waals surface area contributed by atoms with Crippen LogP contribution in [0.3, 0.4) is 0 Å². The number of esters is 1. The molecule has 1 amide bonds. The van der Waals surface area contributed by atoms with Gasteiger partial charge in [0.1, 0.15) is 16.9 Å². The van der Waals surface area contributed by atoms with E-state index >= 15 is 0 Å². The van der Waals surface area contributed by atoms with Crippen molar-refractivity contribution in [3.8, 4) is 17.2 Å². The van der Waals surface area contributed by atoms with Gasteiger partial charge >= 0.3 is 11.6 Å². The zero-order chi connectivity index (χ0) is 25.4. The Balaban J connectivity index is 1.72. The summed E-state index contributed by atoms with van der Waals surface area (Å²) in [5.41, 5.74) is 0.0983. The van der Waals surface area contributed by atoms with Crippen LogP contribution in [0.1, 0.15) is 49.5 Å². The molecule has 3 aromatic rings. The van der Waals surface area contributed by atoms with E-state index in [9.17, 15) is 14.4 Å². The molecule has 0 aliphatic carbocycles. The van der Waals surface area contributed by atoms with Gasteiger partial charge < -0.3 is 23.9 Å². The predicted molar refractivity (Wildman–Crippen MR) is 133 cm³/mol. The fourth-order valence-electron chi connectivity index (χ4n) is 3.15. The SMILES string of the molecule is CCCOc1ccc(/C=C/C(=O)Oc2ccc3cc(C(=O)NC(C)CC)c(=O)oc3c2)cc1OC. The van der Waals surface area contributed by atoms with Gasteiger partial charge in [-0.1, -0.05) is 19.9 Å². The minimum Gasteiger partial charge on any atom is -0.493 e. The molecule has 0 bridgehead atoms. The summed E-state index contributed by atoms with van der Waals surface area (Å²) in [6.07, 6.45) is 4.49. The first-order valence-electron chi connectivity index (χ1n) is 11.4. The molecule has 0 saturated heterocycles. The van der Waals surface area contributed by atoms with E-state index in [1.165, 1.54) is 18.2 Å². The van der Waals surface area contributed by atoms with Crippen molar-refractivity contribution < 1.29 is 28.2 Å². The number of ether oxygens (including phenoxy) is 3. The van der Waals surface area contributed by atoms with Crippen molar-refractivity contribution in [1.82, 2.24) is 5.32 Å². The first-order valence-corrected chi connectivity index (χ1v) is 11.4. The van der Waals surface area contributed by atoms with Gasteiger partial charge in [0.15, 0.2) is 11.5 Å². The monoisotopic (exact) mass is 479 g/mol. The lowest BCUT2D eigenvalue weighted by Gasteiger charge is -2.11. The number of hydrogen-bond donors (Lipinski definition) is 1. The molecule has 35 heavy (non-hydrogen) atoms. The Labute approximate surface area is 203 Å². The van der Waals surface area contributed by atoms with E-state index in [0.29, 0.717) is 23.5 Å². The van der Waals surface area contributed by atoms with Gasteiger partial charge in [0, 0.05) is 23.6 Å². The molecule has 0 aliphatic rings. The zero-order valence-electron chi connectivity index (χ0n) is 20.3. The van der Waals surface area contributed by atoms with Crippen LogP contribution in [-0.4, -0.2) is 31.6 Å². The Kier molecular flexibility index (Phi) is 8.67. The van der Waals surface area contributed by atoms with Crippen molar-refractivity contribution in [3.63, 3.8) is 0 Å². The Morgan fingerprint density at radius 3 is 2.60 bits per heavy atom. The molecule has 0 radical (unpaired) electrons. The Bertz CT molecular complexity index is 1290. The van der Waals surface area contributed by atoms with Crippen LogP contribution in [0.4, 0.5) is 0 Å². The maximum atomic E-state index is 12.3. The van der Waals surface area contributed by atoms with Crippen LogP contribution in [0.5, 0.6) is 17.2 Å². The highest BCUT2D eigenvalue weighted by Crippen LogP contribution is 2.28. The molecule has 2 aromatic carbocycles. The third kappa shape index (κ3) is 6.72. The summed E-state index contributed by atoms with van der Waals surface area (Å²) in [7, 11) is 1.55. The number of carbonyl (C=O) groups excluding carboxylic acids is 2. The van der Waals surface area contributed by atoms with Gasteiger partial charge in [-0.05, 0) is 61.7 Å². The molecule has 0 saturated carbocycles. The zero-order valence-corrected chi connectivity index (χ0v) is 20.3. The summed E-state index contributed by atoms with van der Waals surface area (Å²) >= 11 is 0. The fraction of sp³-hybridized carbons (Fsp3) is 0.296. The van der Waals surface area contributed by atoms with Crippen LogP contribution in [0.25, 0.3) is 17.0 Å².